The summed E-state index contributed by atoms with van der Waals surface area (Å²) in [5, 5.41) is 0. The Hall–Kier alpha value is -1.72. The summed E-state index contributed by atoms with van der Waals surface area (Å²) in [6.45, 7) is 7.95. The Morgan fingerprint density at radius 2 is 1.48 bits per heavy atom. The number of rotatable bonds is 4. The Morgan fingerprint density at radius 3 is 1.96 bits per heavy atom. The molecule has 1 atom stereocenters. The molecule has 0 heterocycles. The molecule has 0 radical (unpaired) electrons. The molecule has 3 nitrogen and oxygen atoms in total. The van der Waals surface area contributed by atoms with Gasteiger partial charge in [-0.1, -0.05) is 45.0 Å². The van der Waals surface area contributed by atoms with Gasteiger partial charge in [0, 0.05) is 6.04 Å². The quantitative estimate of drug-likeness (QED) is 0.912. The van der Waals surface area contributed by atoms with E-state index in [1.807, 2.05) is 12.1 Å². The summed E-state index contributed by atoms with van der Waals surface area (Å²) in [5.41, 5.74) is 1.75. The van der Waals surface area contributed by atoms with E-state index in [9.17, 15) is 12.8 Å². The normalized spacial score (nSPS) is 13.8. The molecule has 0 spiro atoms. The third-order valence-electron chi connectivity index (χ3n) is 3.73. The van der Waals surface area contributed by atoms with Crippen LogP contribution >= 0.6 is 0 Å². The van der Waals surface area contributed by atoms with E-state index in [1.54, 1.807) is 31.2 Å². The number of benzene rings is 2. The van der Waals surface area contributed by atoms with E-state index in [1.165, 1.54) is 12.1 Å². The number of sulfonamides is 1. The topological polar surface area (TPSA) is 46.2 Å². The molecule has 5 heteroatoms. The van der Waals surface area contributed by atoms with Gasteiger partial charge in [-0.25, -0.2) is 17.5 Å². The molecule has 0 aromatic heterocycles. The first-order valence-electron chi connectivity index (χ1n) is 7.48. The fourth-order valence-corrected chi connectivity index (χ4v) is 3.49. The van der Waals surface area contributed by atoms with Gasteiger partial charge in [0.1, 0.15) is 5.82 Å². The second-order valence-corrected chi connectivity index (χ2v) is 8.38. The van der Waals surface area contributed by atoms with Crippen LogP contribution in [0.2, 0.25) is 0 Å². The minimum Gasteiger partial charge on any atom is -0.207 e. The van der Waals surface area contributed by atoms with E-state index in [0.29, 0.717) is 5.56 Å². The van der Waals surface area contributed by atoms with Crippen LogP contribution in [0, 0.1) is 5.82 Å². The van der Waals surface area contributed by atoms with Gasteiger partial charge in [0.15, 0.2) is 0 Å². The van der Waals surface area contributed by atoms with Crippen molar-refractivity contribution >= 4 is 10.0 Å². The van der Waals surface area contributed by atoms with Crippen LogP contribution in [0.25, 0.3) is 0 Å². The third kappa shape index (κ3) is 4.39. The maximum absolute atomic E-state index is 12.9. The molecule has 0 amide bonds. The highest BCUT2D eigenvalue weighted by atomic mass is 32.2. The molecule has 2 rings (SSSR count). The number of hydrogen-bond donors (Lipinski definition) is 1. The Morgan fingerprint density at radius 1 is 0.957 bits per heavy atom. The van der Waals surface area contributed by atoms with Gasteiger partial charge in [-0.05, 0) is 47.7 Å². The zero-order chi connectivity index (χ0) is 17.3. The summed E-state index contributed by atoms with van der Waals surface area (Å²) in [6, 6.07) is 12.2. The molecule has 0 aliphatic carbocycles. The van der Waals surface area contributed by atoms with E-state index in [4.69, 9.17) is 0 Å². The van der Waals surface area contributed by atoms with Crippen molar-refractivity contribution in [2.45, 2.75) is 44.0 Å². The second kappa shape index (κ2) is 6.42. The lowest BCUT2D eigenvalue weighted by Gasteiger charge is -2.20. The molecule has 0 fully saturated rings. The van der Waals surface area contributed by atoms with Crippen LogP contribution in [0.3, 0.4) is 0 Å². The lowest BCUT2D eigenvalue weighted by Crippen LogP contribution is -2.27. The van der Waals surface area contributed by atoms with Gasteiger partial charge in [0.05, 0.1) is 4.90 Å². The van der Waals surface area contributed by atoms with Crippen LogP contribution < -0.4 is 4.72 Å². The molecule has 0 aliphatic heterocycles. The van der Waals surface area contributed by atoms with Crippen molar-refractivity contribution in [3.63, 3.8) is 0 Å². The van der Waals surface area contributed by atoms with Gasteiger partial charge in [-0.3, -0.25) is 0 Å². The van der Waals surface area contributed by atoms with E-state index < -0.39 is 16.1 Å². The fourth-order valence-electron chi connectivity index (χ4n) is 2.25. The van der Waals surface area contributed by atoms with Crippen molar-refractivity contribution < 1.29 is 12.8 Å². The van der Waals surface area contributed by atoms with Gasteiger partial charge < -0.3 is 0 Å². The van der Waals surface area contributed by atoms with Crippen molar-refractivity contribution in [3.8, 4) is 0 Å². The molecule has 1 N–H and O–H groups in total. The van der Waals surface area contributed by atoms with E-state index in [2.05, 4.69) is 25.5 Å². The molecule has 1 unspecified atom stereocenters. The highest BCUT2D eigenvalue weighted by Crippen LogP contribution is 2.24. The highest BCUT2D eigenvalue weighted by Gasteiger charge is 2.20. The van der Waals surface area contributed by atoms with Crippen LogP contribution in [0.5, 0.6) is 0 Å². The largest absolute Gasteiger partial charge is 0.241 e. The first-order chi connectivity index (χ1) is 10.6. The highest BCUT2D eigenvalue weighted by molar-refractivity contribution is 7.89. The summed E-state index contributed by atoms with van der Waals surface area (Å²) in [6.07, 6.45) is 0. The van der Waals surface area contributed by atoms with Crippen molar-refractivity contribution in [1.82, 2.24) is 4.72 Å². The number of nitrogens with one attached hydrogen (secondary N) is 1. The van der Waals surface area contributed by atoms with Crippen molar-refractivity contribution in [2.24, 2.45) is 0 Å². The molecule has 2 aromatic carbocycles. The predicted molar refractivity (Wildman–Crippen MR) is 90.3 cm³/mol. The molecular formula is C18H22FNO2S. The molecular weight excluding hydrogens is 313 g/mol. The summed E-state index contributed by atoms with van der Waals surface area (Å²) in [5.74, 6) is -0.346. The minimum atomic E-state index is -3.62. The van der Waals surface area contributed by atoms with Crippen molar-refractivity contribution in [2.75, 3.05) is 0 Å². The zero-order valence-corrected chi connectivity index (χ0v) is 14.6. The summed E-state index contributed by atoms with van der Waals surface area (Å²) in [4.78, 5) is 0.222. The summed E-state index contributed by atoms with van der Waals surface area (Å²) < 4.78 is 40.5. The van der Waals surface area contributed by atoms with Crippen molar-refractivity contribution in [3.05, 3.63) is 65.5 Å². The molecule has 23 heavy (non-hydrogen) atoms. The molecule has 0 saturated carbocycles. The maximum atomic E-state index is 12.9. The fraction of sp³-hybridized carbons (Fsp3) is 0.333. The van der Waals surface area contributed by atoms with Crippen LogP contribution in [0.4, 0.5) is 4.39 Å². The Balaban J connectivity index is 2.20. The average molecular weight is 335 g/mol. The number of hydrogen-bond acceptors (Lipinski definition) is 2. The lowest BCUT2D eigenvalue weighted by atomic mass is 9.87. The monoisotopic (exact) mass is 335 g/mol. The standard InChI is InChI=1S/C18H22FNO2S/c1-13(14-5-9-16(19)10-6-14)20-23(21,22)17-11-7-15(8-12-17)18(2,3)4/h5-13,20H,1-4H3. The van der Waals surface area contributed by atoms with Gasteiger partial charge >= 0.3 is 0 Å². The second-order valence-electron chi connectivity index (χ2n) is 6.67. The molecule has 0 aliphatic rings. The van der Waals surface area contributed by atoms with Gasteiger partial charge in [-0.2, -0.15) is 0 Å². The zero-order valence-electron chi connectivity index (χ0n) is 13.8. The predicted octanol–water partition coefficient (Wildman–Crippen LogP) is 4.16. The van der Waals surface area contributed by atoms with E-state index in [-0.39, 0.29) is 16.1 Å². The van der Waals surface area contributed by atoms with Crippen molar-refractivity contribution in [1.29, 1.82) is 0 Å². The van der Waals surface area contributed by atoms with E-state index in [0.717, 1.165) is 5.56 Å². The molecule has 0 saturated heterocycles. The Labute approximate surface area is 137 Å². The van der Waals surface area contributed by atoms with Gasteiger partial charge in [0.25, 0.3) is 0 Å². The maximum Gasteiger partial charge on any atom is 0.241 e. The molecule has 124 valence electrons. The SMILES string of the molecule is CC(NS(=O)(=O)c1ccc(C(C)(C)C)cc1)c1ccc(F)cc1. The summed E-state index contributed by atoms with van der Waals surface area (Å²) in [7, 11) is -3.62. The van der Waals surface area contributed by atoms with Gasteiger partial charge in [0.2, 0.25) is 10.0 Å². The van der Waals surface area contributed by atoms with E-state index >= 15 is 0 Å². The minimum absolute atomic E-state index is 0.0306. The average Bonchev–Trinajstić information content (AvgIpc) is 2.46. The molecule has 0 bridgehead atoms. The summed E-state index contributed by atoms with van der Waals surface area (Å²) >= 11 is 0. The lowest BCUT2D eigenvalue weighted by molar-refractivity contribution is 0.565. The van der Waals surface area contributed by atoms with Crippen LogP contribution in [-0.4, -0.2) is 8.42 Å². The Kier molecular flexibility index (Phi) is 4.92. The van der Waals surface area contributed by atoms with Crippen LogP contribution in [0.15, 0.2) is 53.4 Å². The van der Waals surface area contributed by atoms with Crippen LogP contribution in [0.1, 0.15) is 44.9 Å². The first-order valence-corrected chi connectivity index (χ1v) is 8.96. The Bertz CT molecular complexity index is 760. The number of halogens is 1. The third-order valence-corrected chi connectivity index (χ3v) is 5.29. The first kappa shape index (κ1) is 17.6. The van der Waals surface area contributed by atoms with Crippen LogP contribution in [-0.2, 0) is 15.4 Å². The molecule has 2 aromatic rings. The smallest absolute Gasteiger partial charge is 0.207 e. The van der Waals surface area contributed by atoms with Gasteiger partial charge in [-0.15, -0.1) is 0 Å².